The highest BCUT2D eigenvalue weighted by Crippen LogP contribution is 2.37. The maximum Gasteiger partial charge on any atom is 0.226 e. The van der Waals surface area contributed by atoms with E-state index in [2.05, 4.69) is 10.3 Å². The monoisotopic (exact) mass is 341 g/mol. The lowest BCUT2D eigenvalue weighted by Gasteiger charge is -2.25. The lowest BCUT2D eigenvalue weighted by molar-refractivity contribution is -0.128. The summed E-state index contributed by atoms with van der Waals surface area (Å²) in [6.07, 6.45) is 4.25. The van der Waals surface area contributed by atoms with Crippen LogP contribution >= 0.6 is 0 Å². The first kappa shape index (κ1) is 17.1. The van der Waals surface area contributed by atoms with Crippen molar-refractivity contribution < 1.29 is 14.0 Å². The van der Waals surface area contributed by atoms with E-state index in [0.717, 1.165) is 5.56 Å². The first-order valence-electron chi connectivity index (χ1n) is 8.24. The number of amides is 2. The zero-order valence-electron chi connectivity index (χ0n) is 14.0. The van der Waals surface area contributed by atoms with Crippen molar-refractivity contribution in [2.24, 2.45) is 5.92 Å². The van der Waals surface area contributed by atoms with E-state index >= 15 is 0 Å². The quantitative estimate of drug-likeness (QED) is 0.906. The zero-order valence-corrected chi connectivity index (χ0v) is 14.0. The number of rotatable bonds is 5. The van der Waals surface area contributed by atoms with Gasteiger partial charge in [-0.15, -0.1) is 0 Å². The highest BCUT2D eigenvalue weighted by molar-refractivity contribution is 5.90. The SMILES string of the molecule is CN1C(=O)C[C@@H](C(=O)NCCc2ccncc2)[C@H]1c1cccc(F)c1. The Bertz CT molecular complexity index is 766. The number of nitrogens with zero attached hydrogens (tertiary/aromatic N) is 2. The molecule has 2 heterocycles. The van der Waals surface area contributed by atoms with Crippen molar-refractivity contribution in [1.82, 2.24) is 15.2 Å². The fourth-order valence-corrected chi connectivity index (χ4v) is 3.26. The molecule has 1 saturated heterocycles. The third-order valence-electron chi connectivity index (χ3n) is 4.58. The van der Waals surface area contributed by atoms with Crippen molar-refractivity contribution in [2.75, 3.05) is 13.6 Å². The lowest BCUT2D eigenvalue weighted by Crippen LogP contribution is -2.35. The number of likely N-dealkylation sites (tertiary alicyclic amines) is 1. The third-order valence-corrected chi connectivity index (χ3v) is 4.58. The van der Waals surface area contributed by atoms with Crippen molar-refractivity contribution in [1.29, 1.82) is 0 Å². The van der Waals surface area contributed by atoms with Crippen LogP contribution in [0.4, 0.5) is 4.39 Å². The molecule has 5 nitrogen and oxygen atoms in total. The zero-order chi connectivity index (χ0) is 17.8. The van der Waals surface area contributed by atoms with Crippen molar-refractivity contribution in [3.05, 3.63) is 65.7 Å². The predicted octanol–water partition coefficient (Wildman–Crippen LogP) is 2.10. The van der Waals surface area contributed by atoms with Gasteiger partial charge in [-0.1, -0.05) is 12.1 Å². The number of benzene rings is 1. The van der Waals surface area contributed by atoms with Gasteiger partial charge in [-0.3, -0.25) is 14.6 Å². The van der Waals surface area contributed by atoms with E-state index in [1.165, 1.54) is 17.0 Å². The molecule has 1 aromatic carbocycles. The van der Waals surface area contributed by atoms with Crippen LogP contribution in [0.5, 0.6) is 0 Å². The number of hydrogen-bond acceptors (Lipinski definition) is 3. The number of hydrogen-bond donors (Lipinski definition) is 1. The van der Waals surface area contributed by atoms with Gasteiger partial charge in [0.2, 0.25) is 11.8 Å². The third kappa shape index (κ3) is 3.84. The number of nitrogens with one attached hydrogen (secondary N) is 1. The molecule has 0 saturated carbocycles. The summed E-state index contributed by atoms with van der Waals surface area (Å²) in [4.78, 5) is 30.2. The molecule has 1 aliphatic rings. The molecule has 2 amide bonds. The summed E-state index contributed by atoms with van der Waals surface area (Å²) in [7, 11) is 1.65. The van der Waals surface area contributed by atoms with E-state index in [1.807, 2.05) is 12.1 Å². The summed E-state index contributed by atoms with van der Waals surface area (Å²) in [5.74, 6) is -1.18. The largest absolute Gasteiger partial charge is 0.355 e. The molecule has 2 atom stereocenters. The average Bonchev–Trinajstić information content (AvgIpc) is 2.91. The molecule has 1 N–H and O–H groups in total. The Labute approximate surface area is 145 Å². The Hall–Kier alpha value is -2.76. The summed E-state index contributed by atoms with van der Waals surface area (Å²) >= 11 is 0. The van der Waals surface area contributed by atoms with E-state index < -0.39 is 12.0 Å². The Morgan fingerprint density at radius 3 is 2.80 bits per heavy atom. The maximum atomic E-state index is 13.6. The van der Waals surface area contributed by atoms with Crippen molar-refractivity contribution in [2.45, 2.75) is 18.9 Å². The Kier molecular flexibility index (Phi) is 5.07. The minimum absolute atomic E-state index is 0.108. The van der Waals surface area contributed by atoms with Crippen molar-refractivity contribution in [3.8, 4) is 0 Å². The van der Waals surface area contributed by atoms with Gasteiger partial charge in [0.25, 0.3) is 0 Å². The first-order valence-corrected chi connectivity index (χ1v) is 8.24. The summed E-state index contributed by atoms with van der Waals surface area (Å²) in [5.41, 5.74) is 1.72. The van der Waals surface area contributed by atoms with Gasteiger partial charge < -0.3 is 10.2 Å². The average molecular weight is 341 g/mol. The molecule has 3 rings (SSSR count). The van der Waals surface area contributed by atoms with Gasteiger partial charge in [0, 0.05) is 32.4 Å². The van der Waals surface area contributed by atoms with Gasteiger partial charge in [0.15, 0.2) is 0 Å². The normalized spacial score (nSPS) is 19.9. The van der Waals surface area contributed by atoms with E-state index in [9.17, 15) is 14.0 Å². The molecule has 0 unspecified atom stereocenters. The molecular formula is C19H20FN3O2. The molecule has 25 heavy (non-hydrogen) atoms. The van der Waals surface area contributed by atoms with E-state index in [4.69, 9.17) is 0 Å². The van der Waals surface area contributed by atoms with Crippen LogP contribution in [0, 0.1) is 11.7 Å². The van der Waals surface area contributed by atoms with Crippen LogP contribution in [0.1, 0.15) is 23.6 Å². The molecule has 0 aliphatic carbocycles. The highest BCUT2D eigenvalue weighted by Gasteiger charge is 2.42. The molecular weight excluding hydrogens is 321 g/mol. The first-order chi connectivity index (χ1) is 12.1. The van der Waals surface area contributed by atoms with Gasteiger partial charge >= 0.3 is 0 Å². The van der Waals surface area contributed by atoms with Crippen LogP contribution in [0.2, 0.25) is 0 Å². The van der Waals surface area contributed by atoms with Gasteiger partial charge in [-0.2, -0.15) is 0 Å². The second kappa shape index (κ2) is 7.42. The predicted molar refractivity (Wildman–Crippen MR) is 91.0 cm³/mol. The van der Waals surface area contributed by atoms with Gasteiger partial charge in [-0.25, -0.2) is 4.39 Å². The number of carbonyl (C=O) groups is 2. The Balaban J connectivity index is 1.68. The second-order valence-corrected chi connectivity index (χ2v) is 6.21. The minimum atomic E-state index is -0.517. The summed E-state index contributed by atoms with van der Waals surface area (Å²) in [5, 5.41) is 2.90. The molecule has 1 aromatic heterocycles. The Morgan fingerprint density at radius 1 is 1.32 bits per heavy atom. The lowest BCUT2D eigenvalue weighted by atomic mass is 9.93. The summed E-state index contributed by atoms with van der Waals surface area (Å²) in [6, 6.07) is 9.44. The maximum absolute atomic E-state index is 13.6. The van der Waals surface area contributed by atoms with Gasteiger partial charge in [0.05, 0.1) is 12.0 Å². The minimum Gasteiger partial charge on any atom is -0.355 e. The van der Waals surface area contributed by atoms with E-state index in [-0.39, 0.29) is 24.1 Å². The standard InChI is InChI=1S/C19H20FN3O2/c1-23-17(24)12-16(18(23)14-3-2-4-15(20)11-14)19(25)22-10-7-13-5-8-21-9-6-13/h2-6,8-9,11,16,18H,7,10,12H2,1H3,(H,22,25)/t16-,18-/m1/s1. The van der Waals surface area contributed by atoms with Crippen LogP contribution in [0.15, 0.2) is 48.8 Å². The number of aromatic nitrogens is 1. The second-order valence-electron chi connectivity index (χ2n) is 6.21. The number of carbonyl (C=O) groups excluding carboxylic acids is 2. The highest BCUT2D eigenvalue weighted by atomic mass is 19.1. The molecule has 0 radical (unpaired) electrons. The molecule has 6 heteroatoms. The molecule has 1 fully saturated rings. The van der Waals surface area contributed by atoms with Gasteiger partial charge in [-0.05, 0) is 41.8 Å². The smallest absolute Gasteiger partial charge is 0.226 e. The number of pyridine rings is 1. The van der Waals surface area contributed by atoms with Crippen LogP contribution < -0.4 is 5.32 Å². The molecule has 130 valence electrons. The fraction of sp³-hybridized carbons (Fsp3) is 0.316. The summed E-state index contributed by atoms with van der Waals surface area (Å²) in [6.45, 7) is 0.479. The van der Waals surface area contributed by atoms with Gasteiger partial charge in [0.1, 0.15) is 5.82 Å². The molecule has 0 spiro atoms. The molecule has 0 bridgehead atoms. The molecule has 1 aliphatic heterocycles. The van der Waals surface area contributed by atoms with Crippen molar-refractivity contribution >= 4 is 11.8 Å². The fourth-order valence-electron chi connectivity index (χ4n) is 3.26. The van der Waals surface area contributed by atoms with E-state index in [0.29, 0.717) is 18.5 Å². The van der Waals surface area contributed by atoms with E-state index in [1.54, 1.807) is 31.6 Å². The molecule has 2 aromatic rings. The van der Waals surface area contributed by atoms with Crippen LogP contribution in [0.25, 0.3) is 0 Å². The van der Waals surface area contributed by atoms with Crippen molar-refractivity contribution in [3.63, 3.8) is 0 Å². The van der Waals surface area contributed by atoms with Crippen LogP contribution in [-0.2, 0) is 16.0 Å². The van der Waals surface area contributed by atoms with Crippen LogP contribution in [-0.4, -0.2) is 35.3 Å². The summed E-state index contributed by atoms with van der Waals surface area (Å²) < 4.78 is 13.6. The number of halogens is 1. The van der Waals surface area contributed by atoms with Crippen LogP contribution in [0.3, 0.4) is 0 Å². The topological polar surface area (TPSA) is 62.3 Å². The Morgan fingerprint density at radius 2 is 2.08 bits per heavy atom.